The predicted molar refractivity (Wildman–Crippen MR) is 92.2 cm³/mol. The monoisotopic (exact) mass is 299 g/mol. The van der Waals surface area contributed by atoms with Gasteiger partial charge in [0.15, 0.2) is 0 Å². The first kappa shape index (κ1) is 14.8. The zero-order valence-electron chi connectivity index (χ0n) is 13.5. The van der Waals surface area contributed by atoms with Crippen molar-refractivity contribution in [3.63, 3.8) is 0 Å². The highest BCUT2D eigenvalue weighted by molar-refractivity contribution is 7.10. The minimum Gasteiger partial charge on any atom is -0.303 e. The van der Waals surface area contributed by atoms with Gasteiger partial charge in [-0.2, -0.15) is 0 Å². The summed E-state index contributed by atoms with van der Waals surface area (Å²) in [5, 5.41) is 6.13. The Kier molecular flexibility index (Phi) is 4.19. The van der Waals surface area contributed by atoms with Gasteiger partial charge >= 0.3 is 0 Å². The zero-order valence-corrected chi connectivity index (χ0v) is 14.3. The third kappa shape index (κ3) is 2.93. The molecule has 0 aliphatic heterocycles. The molecule has 1 N–H and O–H groups in total. The van der Waals surface area contributed by atoms with Crippen molar-refractivity contribution in [2.45, 2.75) is 59.0 Å². The Labute approximate surface area is 132 Å². The molecule has 1 aromatic heterocycles. The van der Waals surface area contributed by atoms with E-state index in [1.807, 2.05) is 11.3 Å². The van der Waals surface area contributed by atoms with Gasteiger partial charge in [0.25, 0.3) is 0 Å². The summed E-state index contributed by atoms with van der Waals surface area (Å²) in [6.45, 7) is 8.97. The summed E-state index contributed by atoms with van der Waals surface area (Å²) >= 11 is 1.92. The maximum absolute atomic E-state index is 3.89. The van der Waals surface area contributed by atoms with Gasteiger partial charge in [-0.05, 0) is 80.7 Å². The average Bonchev–Trinajstić information content (AvgIpc) is 2.86. The van der Waals surface area contributed by atoms with E-state index in [9.17, 15) is 0 Å². The van der Waals surface area contributed by atoms with Crippen molar-refractivity contribution in [2.75, 3.05) is 0 Å². The summed E-state index contributed by atoms with van der Waals surface area (Å²) in [6.07, 6.45) is 3.84. The van der Waals surface area contributed by atoms with Crippen LogP contribution in [0, 0.1) is 20.8 Å². The Morgan fingerprint density at radius 2 is 1.90 bits per heavy atom. The Bertz CT molecular complexity index is 618. The lowest BCUT2D eigenvalue weighted by Crippen LogP contribution is -2.28. The molecule has 0 saturated carbocycles. The minimum absolute atomic E-state index is 0.404. The van der Waals surface area contributed by atoms with Crippen molar-refractivity contribution in [3.8, 4) is 0 Å². The Hall–Kier alpha value is -1.12. The summed E-state index contributed by atoms with van der Waals surface area (Å²) in [6, 6.07) is 7.85. The Balaban J connectivity index is 1.84. The Morgan fingerprint density at radius 1 is 1.19 bits per heavy atom. The average molecular weight is 299 g/mol. The minimum atomic E-state index is 0.404. The van der Waals surface area contributed by atoms with E-state index in [-0.39, 0.29) is 0 Å². The van der Waals surface area contributed by atoms with Gasteiger partial charge in [0, 0.05) is 17.0 Å². The SMILES string of the molecule is Cc1cc(C)c(C(C)NC2CCCc3sccc32)c(C)c1. The van der Waals surface area contributed by atoms with Crippen molar-refractivity contribution in [1.29, 1.82) is 0 Å². The maximum atomic E-state index is 3.89. The molecule has 2 heteroatoms. The second-order valence-electron chi connectivity index (χ2n) is 6.44. The lowest BCUT2D eigenvalue weighted by molar-refractivity contribution is 0.417. The quantitative estimate of drug-likeness (QED) is 0.800. The summed E-state index contributed by atoms with van der Waals surface area (Å²) < 4.78 is 0. The molecule has 1 aliphatic carbocycles. The van der Waals surface area contributed by atoms with Crippen LogP contribution in [0.2, 0.25) is 0 Å². The van der Waals surface area contributed by atoms with Crippen LogP contribution < -0.4 is 5.32 Å². The summed E-state index contributed by atoms with van der Waals surface area (Å²) in [7, 11) is 0. The van der Waals surface area contributed by atoms with E-state index in [0.717, 1.165) is 0 Å². The first-order valence-corrected chi connectivity index (χ1v) is 8.84. The second kappa shape index (κ2) is 5.94. The van der Waals surface area contributed by atoms with Gasteiger partial charge in [0.2, 0.25) is 0 Å². The van der Waals surface area contributed by atoms with Crippen molar-refractivity contribution in [1.82, 2.24) is 5.32 Å². The molecule has 1 nitrogen and oxygen atoms in total. The molecule has 21 heavy (non-hydrogen) atoms. The second-order valence-corrected chi connectivity index (χ2v) is 7.45. The number of nitrogens with one attached hydrogen (secondary N) is 1. The fourth-order valence-corrected chi connectivity index (χ4v) is 4.91. The van der Waals surface area contributed by atoms with Crippen LogP contribution in [-0.4, -0.2) is 0 Å². The van der Waals surface area contributed by atoms with E-state index in [4.69, 9.17) is 0 Å². The van der Waals surface area contributed by atoms with E-state index in [1.54, 1.807) is 10.4 Å². The predicted octanol–water partition coefficient (Wildman–Crippen LogP) is 5.40. The van der Waals surface area contributed by atoms with Gasteiger partial charge in [0.05, 0.1) is 0 Å². The van der Waals surface area contributed by atoms with Gasteiger partial charge in [-0.25, -0.2) is 0 Å². The number of fused-ring (bicyclic) bond motifs is 1. The summed E-state index contributed by atoms with van der Waals surface area (Å²) in [5.74, 6) is 0. The molecule has 0 fully saturated rings. The van der Waals surface area contributed by atoms with Crippen LogP contribution in [0.1, 0.15) is 64.5 Å². The molecule has 0 bridgehead atoms. The molecule has 2 aromatic rings. The van der Waals surface area contributed by atoms with Gasteiger partial charge in [-0.3, -0.25) is 0 Å². The molecule has 0 spiro atoms. The van der Waals surface area contributed by atoms with Crippen molar-refractivity contribution < 1.29 is 0 Å². The van der Waals surface area contributed by atoms with Gasteiger partial charge in [-0.15, -0.1) is 11.3 Å². The fraction of sp³-hybridized carbons (Fsp3) is 0.474. The number of rotatable bonds is 3. The number of hydrogen-bond donors (Lipinski definition) is 1. The number of hydrogen-bond acceptors (Lipinski definition) is 2. The highest BCUT2D eigenvalue weighted by Gasteiger charge is 2.23. The van der Waals surface area contributed by atoms with Crippen molar-refractivity contribution in [3.05, 3.63) is 56.3 Å². The number of thiophene rings is 1. The molecular weight excluding hydrogens is 274 g/mol. The molecular formula is C19H25NS. The molecule has 0 saturated heterocycles. The summed E-state index contributed by atoms with van der Waals surface area (Å²) in [5.41, 5.74) is 7.20. The molecule has 3 rings (SSSR count). The topological polar surface area (TPSA) is 12.0 Å². The number of benzene rings is 1. The molecule has 1 heterocycles. The lowest BCUT2D eigenvalue weighted by Gasteiger charge is -2.29. The molecule has 2 unspecified atom stereocenters. The van der Waals surface area contributed by atoms with Crippen LogP contribution in [0.15, 0.2) is 23.6 Å². The first-order chi connectivity index (χ1) is 10.1. The van der Waals surface area contributed by atoms with Crippen LogP contribution in [0.5, 0.6) is 0 Å². The van der Waals surface area contributed by atoms with E-state index in [2.05, 4.69) is 56.6 Å². The van der Waals surface area contributed by atoms with Crippen molar-refractivity contribution >= 4 is 11.3 Å². The first-order valence-electron chi connectivity index (χ1n) is 7.96. The standard InChI is InChI=1S/C19H25NS/c1-12-10-13(2)19(14(3)11-12)15(4)20-17-6-5-7-18-16(17)8-9-21-18/h8-11,15,17,20H,5-7H2,1-4H3. The smallest absolute Gasteiger partial charge is 0.0336 e. The molecule has 0 radical (unpaired) electrons. The molecule has 0 amide bonds. The zero-order chi connectivity index (χ0) is 15.0. The third-order valence-electron chi connectivity index (χ3n) is 4.67. The molecule has 2 atom stereocenters. The highest BCUT2D eigenvalue weighted by Crippen LogP contribution is 2.35. The molecule has 1 aromatic carbocycles. The van der Waals surface area contributed by atoms with Crippen LogP contribution >= 0.6 is 11.3 Å². The lowest BCUT2D eigenvalue weighted by atomic mass is 9.90. The van der Waals surface area contributed by atoms with E-state index >= 15 is 0 Å². The van der Waals surface area contributed by atoms with E-state index < -0.39 is 0 Å². The largest absolute Gasteiger partial charge is 0.303 e. The van der Waals surface area contributed by atoms with Crippen molar-refractivity contribution in [2.24, 2.45) is 0 Å². The highest BCUT2D eigenvalue weighted by atomic mass is 32.1. The Morgan fingerprint density at radius 3 is 2.62 bits per heavy atom. The third-order valence-corrected chi connectivity index (χ3v) is 5.67. The van der Waals surface area contributed by atoms with Crippen LogP contribution in [0.4, 0.5) is 0 Å². The molecule has 112 valence electrons. The van der Waals surface area contributed by atoms with Gasteiger partial charge < -0.3 is 5.32 Å². The normalized spacial score (nSPS) is 19.3. The van der Waals surface area contributed by atoms with Crippen LogP contribution in [0.25, 0.3) is 0 Å². The number of aryl methyl sites for hydroxylation is 4. The molecule has 1 aliphatic rings. The van der Waals surface area contributed by atoms with Crippen LogP contribution in [0.3, 0.4) is 0 Å². The fourth-order valence-electron chi connectivity index (χ4n) is 3.92. The maximum Gasteiger partial charge on any atom is 0.0336 e. The van der Waals surface area contributed by atoms with Crippen LogP contribution in [-0.2, 0) is 6.42 Å². The van der Waals surface area contributed by atoms with E-state index in [0.29, 0.717) is 12.1 Å². The summed E-state index contributed by atoms with van der Waals surface area (Å²) in [4.78, 5) is 1.59. The van der Waals surface area contributed by atoms with Gasteiger partial charge in [-0.1, -0.05) is 17.7 Å². The van der Waals surface area contributed by atoms with E-state index in [1.165, 1.54) is 41.5 Å². The van der Waals surface area contributed by atoms with Gasteiger partial charge in [0.1, 0.15) is 0 Å².